The van der Waals surface area contributed by atoms with Gasteiger partial charge in [-0.05, 0) is 22.9 Å². The van der Waals surface area contributed by atoms with Gasteiger partial charge in [-0.2, -0.15) is 0 Å². The molecule has 2 atom stereocenters. The fourth-order valence-electron chi connectivity index (χ4n) is 4.47. The van der Waals surface area contributed by atoms with Crippen molar-refractivity contribution in [3.05, 3.63) is 121 Å². The molecule has 1 aliphatic heterocycles. The van der Waals surface area contributed by atoms with Crippen LogP contribution in [0, 0.1) is 0 Å². The number of hydrogen-bond acceptors (Lipinski definition) is 6. The molecule has 0 bridgehead atoms. The quantitative estimate of drug-likeness (QED) is 0.223. The minimum absolute atomic E-state index is 0.371. The first kappa shape index (κ1) is 22.9. The predicted octanol–water partition coefficient (Wildman–Crippen LogP) is 5.99. The summed E-state index contributed by atoms with van der Waals surface area (Å²) < 4.78 is 23.4. The number of rotatable bonds is 5. The third-order valence-electron chi connectivity index (χ3n) is 6.27. The van der Waals surface area contributed by atoms with Crippen LogP contribution in [0.2, 0.25) is 0 Å². The fraction of sp³-hybridized carbons (Fsp3) is 0.0968. The maximum atomic E-state index is 13.4. The maximum Gasteiger partial charge on any atom is 0.344 e. The SMILES string of the molecule is O=C(Oc1cccc2ccccc12)[C@@H]1OC(c2ccccc2)O[C@H]1C(=O)Oc1cccc2ccccc12. The summed E-state index contributed by atoms with van der Waals surface area (Å²) in [6, 6.07) is 35.1. The van der Waals surface area contributed by atoms with Gasteiger partial charge in [0.1, 0.15) is 11.5 Å². The molecule has 1 heterocycles. The van der Waals surface area contributed by atoms with E-state index in [9.17, 15) is 9.59 Å². The lowest BCUT2D eigenvalue weighted by Gasteiger charge is -2.16. The number of hydrogen-bond donors (Lipinski definition) is 0. The van der Waals surface area contributed by atoms with Crippen molar-refractivity contribution >= 4 is 33.5 Å². The van der Waals surface area contributed by atoms with Crippen LogP contribution < -0.4 is 9.47 Å². The molecule has 1 aliphatic rings. The summed E-state index contributed by atoms with van der Waals surface area (Å²) in [5.74, 6) is -0.739. The molecular formula is C31H22O6. The first-order valence-electron chi connectivity index (χ1n) is 11.9. The Morgan fingerprint density at radius 2 is 0.946 bits per heavy atom. The van der Waals surface area contributed by atoms with Gasteiger partial charge in [0.25, 0.3) is 0 Å². The standard InChI is InChI=1S/C31H22O6/c32-29(34-25-18-8-14-20-10-4-6-16-23(20)25)27-28(37-31(36-27)22-12-2-1-3-13-22)30(33)35-26-19-9-15-21-11-5-7-17-24(21)26/h1-19,27-28,31H/t27-,28-/m1/s1. The lowest BCUT2D eigenvalue weighted by molar-refractivity contribution is -0.153. The molecule has 0 amide bonds. The zero-order valence-electron chi connectivity index (χ0n) is 19.7. The van der Waals surface area contributed by atoms with E-state index in [2.05, 4.69) is 0 Å². The van der Waals surface area contributed by atoms with Crippen molar-refractivity contribution in [2.75, 3.05) is 0 Å². The van der Waals surface area contributed by atoms with E-state index in [0.717, 1.165) is 21.5 Å². The molecular weight excluding hydrogens is 468 g/mol. The van der Waals surface area contributed by atoms with Crippen molar-refractivity contribution < 1.29 is 28.5 Å². The van der Waals surface area contributed by atoms with E-state index in [1.807, 2.05) is 78.9 Å². The average Bonchev–Trinajstić information content (AvgIpc) is 3.40. The third-order valence-corrected chi connectivity index (χ3v) is 6.27. The van der Waals surface area contributed by atoms with Gasteiger partial charge in [0.05, 0.1) is 0 Å². The summed E-state index contributed by atoms with van der Waals surface area (Å²) in [5, 5.41) is 3.38. The summed E-state index contributed by atoms with van der Waals surface area (Å²) in [5.41, 5.74) is 0.672. The van der Waals surface area contributed by atoms with E-state index < -0.39 is 30.4 Å². The molecule has 0 radical (unpaired) electrons. The fourth-order valence-corrected chi connectivity index (χ4v) is 4.47. The Hall–Kier alpha value is -4.52. The van der Waals surface area contributed by atoms with E-state index in [1.165, 1.54) is 0 Å². The highest BCUT2D eigenvalue weighted by molar-refractivity contribution is 5.94. The minimum atomic E-state index is -1.33. The Kier molecular flexibility index (Phi) is 6.10. The molecule has 5 aromatic carbocycles. The van der Waals surface area contributed by atoms with Crippen molar-refractivity contribution in [3.63, 3.8) is 0 Å². The van der Waals surface area contributed by atoms with Gasteiger partial charge in [-0.15, -0.1) is 0 Å². The molecule has 6 heteroatoms. The number of esters is 2. The Morgan fingerprint density at radius 3 is 1.46 bits per heavy atom. The normalized spacial score (nSPS) is 17.6. The van der Waals surface area contributed by atoms with Crippen LogP contribution >= 0.6 is 0 Å². The molecule has 0 N–H and O–H groups in total. The Bertz CT molecular complexity index is 1480. The summed E-state index contributed by atoms with van der Waals surface area (Å²) >= 11 is 0. The average molecular weight is 491 g/mol. The highest BCUT2D eigenvalue weighted by Crippen LogP contribution is 2.35. The monoisotopic (exact) mass is 490 g/mol. The topological polar surface area (TPSA) is 71.1 Å². The van der Waals surface area contributed by atoms with Crippen LogP contribution in [0.1, 0.15) is 11.9 Å². The second-order valence-corrected chi connectivity index (χ2v) is 8.65. The first-order chi connectivity index (χ1) is 18.2. The zero-order valence-corrected chi connectivity index (χ0v) is 19.7. The van der Waals surface area contributed by atoms with Crippen molar-refractivity contribution in [2.45, 2.75) is 18.5 Å². The van der Waals surface area contributed by atoms with Gasteiger partial charge in [-0.1, -0.05) is 103 Å². The number of fused-ring (bicyclic) bond motifs is 2. The van der Waals surface area contributed by atoms with Gasteiger partial charge >= 0.3 is 11.9 Å². The molecule has 1 fully saturated rings. The van der Waals surface area contributed by atoms with E-state index in [1.54, 1.807) is 36.4 Å². The Balaban J connectivity index is 1.30. The molecule has 182 valence electrons. The Morgan fingerprint density at radius 1 is 0.514 bits per heavy atom. The van der Waals surface area contributed by atoms with E-state index >= 15 is 0 Å². The number of carbonyl (C=O) groups is 2. The Labute approximate surface area is 213 Å². The van der Waals surface area contributed by atoms with Gasteiger partial charge in [-0.25, -0.2) is 9.59 Å². The largest absolute Gasteiger partial charge is 0.424 e. The number of benzene rings is 5. The highest BCUT2D eigenvalue weighted by Gasteiger charge is 2.48. The van der Waals surface area contributed by atoms with Crippen LogP contribution in [-0.4, -0.2) is 24.1 Å². The summed E-state index contributed by atoms with van der Waals surface area (Å²) in [6.07, 6.45) is -3.59. The van der Waals surface area contributed by atoms with Crippen LogP contribution in [0.25, 0.3) is 21.5 Å². The highest BCUT2D eigenvalue weighted by atomic mass is 16.8. The minimum Gasteiger partial charge on any atom is -0.424 e. The van der Waals surface area contributed by atoms with Gasteiger partial charge in [-0.3, -0.25) is 0 Å². The maximum absolute atomic E-state index is 13.4. The van der Waals surface area contributed by atoms with Crippen LogP contribution in [0.15, 0.2) is 115 Å². The van der Waals surface area contributed by atoms with Crippen LogP contribution in [0.4, 0.5) is 0 Å². The first-order valence-corrected chi connectivity index (χ1v) is 11.9. The molecule has 0 aromatic heterocycles. The van der Waals surface area contributed by atoms with E-state index in [0.29, 0.717) is 17.1 Å². The van der Waals surface area contributed by atoms with E-state index in [4.69, 9.17) is 18.9 Å². The molecule has 6 rings (SSSR count). The van der Waals surface area contributed by atoms with Crippen molar-refractivity contribution in [3.8, 4) is 11.5 Å². The predicted molar refractivity (Wildman–Crippen MR) is 138 cm³/mol. The lowest BCUT2D eigenvalue weighted by atomic mass is 10.1. The number of carbonyl (C=O) groups excluding carboxylic acids is 2. The molecule has 0 unspecified atom stereocenters. The number of ether oxygens (including phenoxy) is 4. The molecule has 0 saturated carbocycles. The summed E-state index contributed by atoms with van der Waals surface area (Å²) in [6.45, 7) is 0. The molecule has 0 spiro atoms. The van der Waals surface area contributed by atoms with Gasteiger partial charge in [0.2, 0.25) is 0 Å². The second kappa shape index (κ2) is 9.85. The summed E-state index contributed by atoms with van der Waals surface area (Å²) in [7, 11) is 0. The van der Waals surface area contributed by atoms with Crippen LogP contribution in [0.5, 0.6) is 11.5 Å². The molecule has 37 heavy (non-hydrogen) atoms. The second-order valence-electron chi connectivity index (χ2n) is 8.65. The molecule has 1 saturated heterocycles. The van der Waals surface area contributed by atoms with Crippen molar-refractivity contribution in [1.29, 1.82) is 0 Å². The van der Waals surface area contributed by atoms with Crippen LogP contribution in [-0.2, 0) is 19.1 Å². The van der Waals surface area contributed by atoms with Crippen molar-refractivity contribution in [1.82, 2.24) is 0 Å². The summed E-state index contributed by atoms with van der Waals surface area (Å²) in [4.78, 5) is 26.8. The molecule has 6 nitrogen and oxygen atoms in total. The van der Waals surface area contributed by atoms with Crippen molar-refractivity contribution in [2.24, 2.45) is 0 Å². The molecule has 0 aliphatic carbocycles. The van der Waals surface area contributed by atoms with E-state index in [-0.39, 0.29) is 0 Å². The third kappa shape index (κ3) is 4.56. The smallest absolute Gasteiger partial charge is 0.344 e. The zero-order chi connectivity index (χ0) is 25.2. The molecule has 5 aromatic rings. The lowest BCUT2D eigenvalue weighted by Crippen LogP contribution is -2.41. The van der Waals surface area contributed by atoms with Crippen LogP contribution in [0.3, 0.4) is 0 Å². The van der Waals surface area contributed by atoms with Gasteiger partial charge in [0.15, 0.2) is 18.5 Å². The van der Waals surface area contributed by atoms with Gasteiger partial charge in [0, 0.05) is 16.3 Å². The van der Waals surface area contributed by atoms with Gasteiger partial charge < -0.3 is 18.9 Å².